The third kappa shape index (κ3) is 9.00. The second-order valence-corrected chi connectivity index (χ2v) is 22.2. The van der Waals surface area contributed by atoms with Crippen molar-refractivity contribution in [3.8, 4) is 0 Å². The van der Waals surface area contributed by atoms with E-state index in [4.69, 9.17) is 9.98 Å². The summed E-state index contributed by atoms with van der Waals surface area (Å²) in [6, 6.07) is 8.94. The van der Waals surface area contributed by atoms with Gasteiger partial charge in [-0.05, 0) is 52.7 Å². The highest BCUT2D eigenvalue weighted by Crippen LogP contribution is 2.22. The number of rotatable bonds is 6. The average Bonchev–Trinajstić information content (AvgIpc) is 2.43. The molecule has 0 saturated carbocycles. The molecule has 1 aromatic rings. The summed E-state index contributed by atoms with van der Waals surface area (Å²) in [5, 5.41) is 2.82. The largest absolute Gasteiger partial charge is 0.293 e. The lowest BCUT2D eigenvalue weighted by Gasteiger charge is -2.27. The average molecular weight is 417 g/mol. The Labute approximate surface area is 177 Å². The van der Waals surface area contributed by atoms with Gasteiger partial charge in [0.15, 0.2) is 0 Å². The van der Waals surface area contributed by atoms with Crippen LogP contribution in [-0.4, -0.2) is 37.9 Å². The van der Waals surface area contributed by atoms with E-state index in [1.807, 2.05) is 0 Å². The second-order valence-electron chi connectivity index (χ2n) is 12.1. The first kappa shape index (κ1) is 25.0. The lowest BCUT2D eigenvalue weighted by molar-refractivity contribution is 0.583. The van der Waals surface area contributed by atoms with Crippen molar-refractivity contribution in [1.29, 1.82) is 0 Å². The van der Waals surface area contributed by atoms with Crippen molar-refractivity contribution in [3.63, 3.8) is 0 Å². The molecular formula is C24H44N2Si2. The molecule has 1 aromatic carbocycles. The van der Waals surface area contributed by atoms with Crippen LogP contribution in [0.4, 0.5) is 0 Å². The van der Waals surface area contributed by atoms with Crippen molar-refractivity contribution in [2.75, 3.05) is 0 Å². The predicted molar refractivity (Wildman–Crippen MR) is 135 cm³/mol. The van der Waals surface area contributed by atoms with Gasteiger partial charge in [0, 0.05) is 23.5 Å². The Morgan fingerprint density at radius 2 is 0.929 bits per heavy atom. The van der Waals surface area contributed by atoms with Gasteiger partial charge in [-0.1, -0.05) is 63.5 Å². The zero-order valence-electron chi connectivity index (χ0n) is 20.6. The second kappa shape index (κ2) is 8.78. The molecule has 0 aliphatic rings. The van der Waals surface area contributed by atoms with Gasteiger partial charge < -0.3 is 0 Å². The zero-order valence-corrected chi connectivity index (χ0v) is 22.6. The van der Waals surface area contributed by atoms with Gasteiger partial charge in [-0.3, -0.25) is 9.98 Å². The summed E-state index contributed by atoms with van der Waals surface area (Å²) in [7, 11) is -2.98. The fourth-order valence-electron chi connectivity index (χ4n) is 3.02. The van der Waals surface area contributed by atoms with Crippen molar-refractivity contribution in [2.45, 2.75) is 105 Å². The van der Waals surface area contributed by atoms with Crippen molar-refractivity contribution in [3.05, 3.63) is 35.4 Å². The van der Waals surface area contributed by atoms with Crippen LogP contribution in [0.3, 0.4) is 0 Å². The summed E-state index contributed by atoms with van der Waals surface area (Å²) in [4.78, 5) is 10.3. The SMILES string of the molecule is CC(C)(C)N=C(Cc1ccccc1CC(=NC(C)(C)C)[Si](C)(C)C)[Si](C)(C)C. The van der Waals surface area contributed by atoms with Crippen LogP contribution in [0.5, 0.6) is 0 Å². The lowest BCUT2D eigenvalue weighted by Crippen LogP contribution is -2.39. The Morgan fingerprint density at radius 3 is 1.14 bits per heavy atom. The molecule has 0 radical (unpaired) electrons. The minimum absolute atomic E-state index is 0.0261. The summed E-state index contributed by atoms with van der Waals surface area (Å²) in [5.41, 5.74) is 2.80. The molecule has 0 unspecified atom stereocenters. The van der Waals surface area contributed by atoms with Gasteiger partial charge in [0.05, 0.1) is 27.2 Å². The molecule has 4 heteroatoms. The number of benzene rings is 1. The van der Waals surface area contributed by atoms with Crippen molar-refractivity contribution < 1.29 is 0 Å². The molecule has 0 aromatic heterocycles. The van der Waals surface area contributed by atoms with E-state index in [0.717, 1.165) is 12.8 Å². The molecule has 0 N–H and O–H groups in total. The van der Waals surface area contributed by atoms with Crippen molar-refractivity contribution >= 4 is 26.8 Å². The molecule has 0 amide bonds. The normalized spacial score (nSPS) is 15.1. The maximum absolute atomic E-state index is 5.16. The third-order valence-electron chi connectivity index (χ3n) is 4.51. The van der Waals surface area contributed by atoms with Gasteiger partial charge in [-0.25, -0.2) is 0 Å². The van der Waals surface area contributed by atoms with Crippen LogP contribution < -0.4 is 0 Å². The molecule has 0 atom stereocenters. The Kier molecular flexibility index (Phi) is 7.85. The minimum atomic E-state index is -1.49. The molecule has 0 spiro atoms. The number of aliphatic imine (C=N–C) groups is 2. The summed E-state index contributed by atoms with van der Waals surface area (Å²) >= 11 is 0. The first-order valence-corrected chi connectivity index (χ1v) is 17.6. The van der Waals surface area contributed by atoms with Gasteiger partial charge in [0.2, 0.25) is 0 Å². The molecule has 0 aliphatic carbocycles. The molecule has 2 nitrogen and oxygen atoms in total. The number of hydrogen-bond donors (Lipinski definition) is 0. The van der Waals surface area contributed by atoms with Crippen LogP contribution in [0.2, 0.25) is 39.3 Å². The fourth-order valence-corrected chi connectivity index (χ4v) is 5.80. The van der Waals surface area contributed by atoms with E-state index in [1.165, 1.54) is 21.8 Å². The topological polar surface area (TPSA) is 24.7 Å². The van der Waals surface area contributed by atoms with Crippen LogP contribution in [0.1, 0.15) is 52.7 Å². The number of nitrogens with zero attached hydrogens (tertiary/aromatic N) is 2. The van der Waals surface area contributed by atoms with Crippen LogP contribution in [0.15, 0.2) is 34.3 Å². The highest BCUT2D eigenvalue weighted by molar-refractivity contribution is 7.05. The summed E-state index contributed by atoms with van der Waals surface area (Å²) < 4.78 is 0. The third-order valence-corrected chi connectivity index (χ3v) is 8.55. The highest BCUT2D eigenvalue weighted by Gasteiger charge is 2.27. The molecule has 0 fully saturated rings. The van der Waals surface area contributed by atoms with Gasteiger partial charge in [-0.15, -0.1) is 0 Å². The van der Waals surface area contributed by atoms with Crippen LogP contribution in [-0.2, 0) is 12.8 Å². The van der Waals surface area contributed by atoms with Crippen molar-refractivity contribution in [2.24, 2.45) is 9.98 Å². The molecule has 0 saturated heterocycles. The van der Waals surface area contributed by atoms with Gasteiger partial charge in [-0.2, -0.15) is 0 Å². The molecule has 0 aliphatic heterocycles. The smallest absolute Gasteiger partial charge is 0.0957 e. The molecular weight excluding hydrogens is 372 g/mol. The van der Waals surface area contributed by atoms with Gasteiger partial charge >= 0.3 is 0 Å². The highest BCUT2D eigenvalue weighted by atomic mass is 28.3. The molecule has 0 bridgehead atoms. The Bertz CT molecular complexity index is 656. The zero-order chi connectivity index (χ0) is 22.0. The summed E-state index contributed by atoms with van der Waals surface area (Å²) in [5.74, 6) is 0. The van der Waals surface area contributed by atoms with E-state index in [2.05, 4.69) is 105 Å². The Morgan fingerprint density at radius 1 is 0.643 bits per heavy atom. The fraction of sp³-hybridized carbons (Fsp3) is 0.667. The van der Waals surface area contributed by atoms with E-state index in [0.29, 0.717) is 0 Å². The predicted octanol–water partition coefficient (Wildman–Crippen LogP) is 7.01. The van der Waals surface area contributed by atoms with E-state index >= 15 is 0 Å². The first-order chi connectivity index (χ1) is 12.4. The quantitative estimate of drug-likeness (QED) is 0.352. The van der Waals surface area contributed by atoms with E-state index in [-0.39, 0.29) is 11.1 Å². The van der Waals surface area contributed by atoms with Crippen molar-refractivity contribution in [1.82, 2.24) is 0 Å². The number of hydrogen-bond acceptors (Lipinski definition) is 2. The maximum atomic E-state index is 5.16. The van der Waals surface area contributed by atoms with E-state index < -0.39 is 16.1 Å². The maximum Gasteiger partial charge on any atom is 0.0957 e. The monoisotopic (exact) mass is 416 g/mol. The standard InChI is InChI=1S/C24H44N2Si2/c1-23(2,3)25-21(27(7,8)9)17-19-15-13-14-16-20(19)18-22(28(10,11)12)26-24(4,5)6/h13-16H,17-18H2,1-12H3. The first-order valence-electron chi connectivity index (χ1n) is 10.6. The molecule has 0 heterocycles. The molecule has 158 valence electrons. The van der Waals surface area contributed by atoms with Gasteiger partial charge in [0.25, 0.3) is 0 Å². The summed E-state index contributed by atoms with van der Waals surface area (Å²) in [6.45, 7) is 27.7. The van der Waals surface area contributed by atoms with Crippen LogP contribution in [0.25, 0.3) is 0 Å². The Balaban J connectivity index is 3.37. The Hall–Kier alpha value is -1.01. The lowest BCUT2D eigenvalue weighted by atomic mass is 10.0. The molecule has 1 rings (SSSR count). The van der Waals surface area contributed by atoms with E-state index in [9.17, 15) is 0 Å². The minimum Gasteiger partial charge on any atom is -0.293 e. The van der Waals surface area contributed by atoms with Crippen LogP contribution >= 0.6 is 0 Å². The van der Waals surface area contributed by atoms with E-state index in [1.54, 1.807) is 0 Å². The molecule has 28 heavy (non-hydrogen) atoms. The summed E-state index contributed by atoms with van der Waals surface area (Å²) in [6.07, 6.45) is 1.94. The van der Waals surface area contributed by atoms with Crippen LogP contribution in [0, 0.1) is 0 Å². The van der Waals surface area contributed by atoms with Gasteiger partial charge in [0.1, 0.15) is 0 Å².